The minimum absolute atomic E-state index is 0. The van der Waals surface area contributed by atoms with Crippen LogP contribution in [0.25, 0.3) is 10.9 Å². The predicted molar refractivity (Wildman–Crippen MR) is 163 cm³/mol. The van der Waals surface area contributed by atoms with E-state index in [0.717, 1.165) is 37.1 Å². The Morgan fingerprint density at radius 3 is 2.15 bits per heavy atom. The lowest BCUT2D eigenvalue weighted by Crippen LogP contribution is -2.47. The second-order valence-corrected chi connectivity index (χ2v) is 9.87. The number of esters is 1. The number of anilines is 1. The van der Waals surface area contributed by atoms with Gasteiger partial charge in [-0.05, 0) is 55.5 Å². The summed E-state index contributed by atoms with van der Waals surface area (Å²) in [5.41, 5.74) is 3.81. The normalized spacial score (nSPS) is 13.5. The molecule has 5 rings (SSSR count). The number of hydrogen-bond acceptors (Lipinski definition) is 7. The summed E-state index contributed by atoms with van der Waals surface area (Å²) in [7, 11) is 3.19. The number of hydrogen-bond donors (Lipinski definition) is 0. The molecule has 4 aromatic rings. The van der Waals surface area contributed by atoms with Gasteiger partial charge in [-0.25, -0.2) is 0 Å². The van der Waals surface area contributed by atoms with Crippen molar-refractivity contribution in [2.24, 2.45) is 0 Å². The van der Waals surface area contributed by atoms with E-state index < -0.39 is 0 Å². The maximum atomic E-state index is 13.6. The monoisotopic (exact) mass is 577 g/mol. The van der Waals surface area contributed by atoms with Crippen molar-refractivity contribution in [3.63, 3.8) is 0 Å². The average Bonchev–Trinajstić information content (AvgIpc) is 3.27. The molecule has 0 atom stereocenters. The van der Waals surface area contributed by atoms with E-state index in [2.05, 4.69) is 34.1 Å². The van der Waals surface area contributed by atoms with Crippen molar-refractivity contribution in [1.82, 2.24) is 9.47 Å². The molecule has 0 saturated carbocycles. The van der Waals surface area contributed by atoms with Crippen molar-refractivity contribution >= 4 is 40.7 Å². The van der Waals surface area contributed by atoms with Crippen LogP contribution in [0, 0.1) is 6.92 Å². The maximum absolute atomic E-state index is 13.6. The summed E-state index contributed by atoms with van der Waals surface area (Å²) in [6, 6.07) is 23.0. The number of para-hydroxylation sites is 1. The first-order chi connectivity index (χ1) is 19.5. The quantitative estimate of drug-likeness (QED) is 0.194. The first-order valence-corrected chi connectivity index (χ1v) is 13.5. The molecule has 1 saturated heterocycles. The lowest BCUT2D eigenvalue weighted by atomic mass is 10.0. The number of aromatic nitrogens is 1. The highest BCUT2D eigenvalue weighted by Crippen LogP contribution is 2.31. The van der Waals surface area contributed by atoms with Crippen LogP contribution in [0.15, 0.2) is 72.8 Å². The third-order valence-electron chi connectivity index (χ3n) is 7.56. The van der Waals surface area contributed by atoms with Crippen LogP contribution in [0.2, 0.25) is 0 Å². The zero-order chi connectivity index (χ0) is 28.1. The predicted octanol–water partition coefficient (Wildman–Crippen LogP) is 4.99. The van der Waals surface area contributed by atoms with E-state index in [1.165, 1.54) is 5.69 Å². The SMILES string of the molecule is COc1ccc(C(=O)c2c(C)n(CC(=O)OCCN3CCN(c4ccccc4)CC3)c3cc(OC)ccc23)cc1.Cl. The molecule has 0 radical (unpaired) electrons. The van der Waals surface area contributed by atoms with Crippen molar-refractivity contribution in [1.29, 1.82) is 0 Å². The van der Waals surface area contributed by atoms with Crippen LogP contribution in [-0.2, 0) is 16.1 Å². The highest BCUT2D eigenvalue weighted by Gasteiger charge is 2.23. The number of ketones is 1. The second-order valence-electron chi connectivity index (χ2n) is 9.87. The number of fused-ring (bicyclic) bond motifs is 1. The van der Waals surface area contributed by atoms with Gasteiger partial charge in [-0.3, -0.25) is 14.5 Å². The summed E-state index contributed by atoms with van der Waals surface area (Å²) in [6.45, 7) is 6.61. The molecule has 1 fully saturated rings. The van der Waals surface area contributed by atoms with Crippen LogP contribution in [0.4, 0.5) is 5.69 Å². The largest absolute Gasteiger partial charge is 0.497 e. The molecule has 0 amide bonds. The van der Waals surface area contributed by atoms with Crippen molar-refractivity contribution in [2.45, 2.75) is 13.5 Å². The van der Waals surface area contributed by atoms with Gasteiger partial charge in [0.2, 0.25) is 0 Å². The van der Waals surface area contributed by atoms with Gasteiger partial charge in [0, 0.05) is 61.1 Å². The number of methoxy groups -OCH3 is 2. The zero-order valence-electron chi connectivity index (χ0n) is 23.7. The van der Waals surface area contributed by atoms with Crippen LogP contribution in [-0.4, -0.2) is 74.8 Å². The van der Waals surface area contributed by atoms with Crippen LogP contribution in [0.1, 0.15) is 21.6 Å². The van der Waals surface area contributed by atoms with E-state index in [0.29, 0.717) is 41.5 Å². The molecule has 1 aromatic heterocycles. The summed E-state index contributed by atoms with van der Waals surface area (Å²) >= 11 is 0. The lowest BCUT2D eigenvalue weighted by Gasteiger charge is -2.35. The van der Waals surface area contributed by atoms with Gasteiger partial charge in [-0.1, -0.05) is 18.2 Å². The van der Waals surface area contributed by atoms with Crippen molar-refractivity contribution < 1.29 is 23.8 Å². The van der Waals surface area contributed by atoms with E-state index in [4.69, 9.17) is 14.2 Å². The standard InChI is InChI=1S/C32H35N3O5.ClH/c1-23-31(32(37)24-9-11-26(38-2)12-10-24)28-14-13-27(39-3)21-29(28)35(23)22-30(36)40-20-19-33-15-17-34(18-16-33)25-7-5-4-6-8-25;/h4-14,21H,15-20,22H2,1-3H3;1H. The number of halogens is 1. The van der Waals surface area contributed by atoms with Crippen LogP contribution >= 0.6 is 12.4 Å². The Labute approximate surface area is 246 Å². The van der Waals surface area contributed by atoms with Crippen LogP contribution in [0.5, 0.6) is 11.5 Å². The summed E-state index contributed by atoms with van der Waals surface area (Å²) < 4.78 is 18.2. The van der Waals surface area contributed by atoms with E-state index in [1.54, 1.807) is 38.5 Å². The van der Waals surface area contributed by atoms with E-state index in [-0.39, 0.29) is 30.7 Å². The lowest BCUT2D eigenvalue weighted by molar-refractivity contribution is -0.144. The molecule has 0 bridgehead atoms. The van der Waals surface area contributed by atoms with Gasteiger partial charge in [0.25, 0.3) is 0 Å². The molecular formula is C32H36ClN3O5. The number of carbonyl (C=O) groups excluding carboxylic acids is 2. The molecule has 2 heterocycles. The van der Waals surface area contributed by atoms with Crippen molar-refractivity contribution in [3.8, 4) is 11.5 Å². The van der Waals surface area contributed by atoms with Gasteiger partial charge in [-0.15, -0.1) is 12.4 Å². The van der Waals surface area contributed by atoms with Crippen molar-refractivity contribution in [3.05, 3.63) is 89.6 Å². The Morgan fingerprint density at radius 2 is 1.49 bits per heavy atom. The fourth-order valence-corrected chi connectivity index (χ4v) is 5.29. The highest BCUT2D eigenvalue weighted by molar-refractivity contribution is 6.17. The van der Waals surface area contributed by atoms with Gasteiger partial charge >= 0.3 is 5.97 Å². The minimum atomic E-state index is -0.339. The minimum Gasteiger partial charge on any atom is -0.497 e. The maximum Gasteiger partial charge on any atom is 0.326 e. The molecule has 216 valence electrons. The summed E-state index contributed by atoms with van der Waals surface area (Å²) in [5.74, 6) is 0.880. The van der Waals surface area contributed by atoms with Crippen LogP contribution < -0.4 is 14.4 Å². The van der Waals surface area contributed by atoms with E-state index >= 15 is 0 Å². The van der Waals surface area contributed by atoms with Gasteiger partial charge in [0.1, 0.15) is 24.7 Å². The number of nitrogens with zero attached hydrogens (tertiary/aromatic N) is 3. The van der Waals surface area contributed by atoms with Gasteiger partial charge in [0.05, 0.1) is 25.3 Å². The van der Waals surface area contributed by atoms with Crippen LogP contribution in [0.3, 0.4) is 0 Å². The smallest absolute Gasteiger partial charge is 0.326 e. The fraction of sp³-hybridized carbons (Fsp3) is 0.312. The highest BCUT2D eigenvalue weighted by atomic mass is 35.5. The molecule has 9 heteroatoms. The van der Waals surface area contributed by atoms with E-state index in [9.17, 15) is 9.59 Å². The summed E-state index contributed by atoms with van der Waals surface area (Å²) in [6.07, 6.45) is 0. The third-order valence-corrected chi connectivity index (χ3v) is 7.56. The number of piperazine rings is 1. The topological polar surface area (TPSA) is 73.2 Å². The Kier molecular flexibility index (Phi) is 9.91. The second kappa shape index (κ2) is 13.6. The Balaban J connectivity index is 0.00000387. The fourth-order valence-electron chi connectivity index (χ4n) is 5.29. The van der Waals surface area contributed by atoms with Gasteiger partial charge in [0.15, 0.2) is 5.78 Å². The van der Waals surface area contributed by atoms with Crippen molar-refractivity contribution in [2.75, 3.05) is 58.5 Å². The molecule has 0 N–H and O–H groups in total. The van der Waals surface area contributed by atoms with Gasteiger partial charge in [-0.2, -0.15) is 0 Å². The molecule has 0 spiro atoms. The molecule has 3 aromatic carbocycles. The molecule has 1 aliphatic heterocycles. The van der Waals surface area contributed by atoms with Gasteiger partial charge < -0.3 is 23.7 Å². The molecule has 0 unspecified atom stereocenters. The average molecular weight is 578 g/mol. The molecule has 0 aliphatic carbocycles. The summed E-state index contributed by atoms with van der Waals surface area (Å²) in [5, 5.41) is 0.767. The Hall–Kier alpha value is -4.01. The number of ether oxygens (including phenoxy) is 3. The Bertz CT molecular complexity index is 1480. The zero-order valence-corrected chi connectivity index (χ0v) is 24.5. The number of benzene rings is 3. The van der Waals surface area contributed by atoms with E-state index in [1.807, 2.05) is 35.8 Å². The first kappa shape index (κ1) is 30.0. The molecule has 41 heavy (non-hydrogen) atoms. The summed E-state index contributed by atoms with van der Waals surface area (Å²) in [4.78, 5) is 31.2. The number of rotatable bonds is 10. The third kappa shape index (κ3) is 6.66. The molecule has 1 aliphatic rings. The molecular weight excluding hydrogens is 542 g/mol. The number of carbonyl (C=O) groups is 2. The molecule has 8 nitrogen and oxygen atoms in total. The Morgan fingerprint density at radius 1 is 0.829 bits per heavy atom. The first-order valence-electron chi connectivity index (χ1n) is 13.5.